The SMILES string of the molecule is CCOc1ccc(N2C(=O)C(=Cc3ccc(O)c(OC)c3)SC2=S)cc1. The molecule has 0 bridgehead atoms. The van der Waals surface area contributed by atoms with Gasteiger partial charge in [-0.15, -0.1) is 0 Å². The molecule has 1 fully saturated rings. The second-order valence-electron chi connectivity index (χ2n) is 5.38. The third kappa shape index (κ3) is 3.68. The van der Waals surface area contributed by atoms with E-state index in [2.05, 4.69) is 0 Å². The lowest BCUT2D eigenvalue weighted by Gasteiger charge is -2.15. The fourth-order valence-electron chi connectivity index (χ4n) is 2.48. The van der Waals surface area contributed by atoms with Crippen molar-refractivity contribution in [3.05, 3.63) is 52.9 Å². The number of rotatable bonds is 5. The molecule has 26 heavy (non-hydrogen) atoms. The molecule has 134 valence electrons. The summed E-state index contributed by atoms with van der Waals surface area (Å²) in [6, 6.07) is 12.1. The molecule has 2 aromatic carbocycles. The van der Waals surface area contributed by atoms with Crippen molar-refractivity contribution in [2.45, 2.75) is 6.92 Å². The van der Waals surface area contributed by atoms with E-state index < -0.39 is 0 Å². The molecule has 1 aliphatic rings. The number of carbonyl (C=O) groups excluding carboxylic acids is 1. The highest BCUT2D eigenvalue weighted by atomic mass is 32.2. The topological polar surface area (TPSA) is 59.0 Å². The van der Waals surface area contributed by atoms with Crippen LogP contribution in [-0.4, -0.2) is 29.1 Å². The first-order valence-corrected chi connectivity index (χ1v) is 9.13. The van der Waals surface area contributed by atoms with Crippen LogP contribution in [0.1, 0.15) is 12.5 Å². The summed E-state index contributed by atoms with van der Waals surface area (Å²) in [5.74, 6) is 0.956. The standard InChI is InChI=1S/C19H17NO4S2/c1-3-24-14-7-5-13(6-8-14)20-18(22)17(26-19(20)25)11-12-4-9-15(21)16(10-12)23-2/h4-11,21H,3H2,1-2H3. The highest BCUT2D eigenvalue weighted by molar-refractivity contribution is 8.27. The summed E-state index contributed by atoms with van der Waals surface area (Å²) in [4.78, 5) is 14.8. The van der Waals surface area contributed by atoms with Crippen molar-refractivity contribution in [3.8, 4) is 17.2 Å². The zero-order valence-corrected chi connectivity index (χ0v) is 15.9. The molecule has 0 aliphatic carbocycles. The molecule has 1 heterocycles. The van der Waals surface area contributed by atoms with Crippen LogP contribution in [0.2, 0.25) is 0 Å². The smallest absolute Gasteiger partial charge is 0.270 e. The van der Waals surface area contributed by atoms with E-state index in [0.29, 0.717) is 27.3 Å². The molecule has 0 saturated carbocycles. The summed E-state index contributed by atoms with van der Waals surface area (Å²) >= 11 is 6.62. The number of phenols is 1. The van der Waals surface area contributed by atoms with Crippen LogP contribution >= 0.6 is 24.0 Å². The number of ether oxygens (including phenoxy) is 2. The van der Waals surface area contributed by atoms with Crippen LogP contribution in [0.4, 0.5) is 5.69 Å². The van der Waals surface area contributed by atoms with E-state index in [-0.39, 0.29) is 11.7 Å². The maximum atomic E-state index is 12.8. The first-order valence-electron chi connectivity index (χ1n) is 7.91. The number of anilines is 1. The molecular weight excluding hydrogens is 370 g/mol. The van der Waals surface area contributed by atoms with Crippen LogP contribution in [0, 0.1) is 0 Å². The number of thiocarbonyl (C=S) groups is 1. The monoisotopic (exact) mass is 387 g/mol. The van der Waals surface area contributed by atoms with E-state index in [1.165, 1.54) is 29.8 Å². The van der Waals surface area contributed by atoms with Crippen LogP contribution in [0.25, 0.3) is 6.08 Å². The van der Waals surface area contributed by atoms with Crippen molar-refractivity contribution in [2.75, 3.05) is 18.6 Å². The molecule has 0 radical (unpaired) electrons. The van der Waals surface area contributed by atoms with Crippen molar-refractivity contribution < 1.29 is 19.4 Å². The van der Waals surface area contributed by atoms with E-state index >= 15 is 0 Å². The van der Waals surface area contributed by atoms with Gasteiger partial charge in [-0.25, -0.2) is 0 Å². The van der Waals surface area contributed by atoms with Gasteiger partial charge in [-0.1, -0.05) is 30.0 Å². The Morgan fingerprint density at radius 2 is 1.96 bits per heavy atom. The van der Waals surface area contributed by atoms with Crippen LogP contribution in [-0.2, 0) is 4.79 Å². The van der Waals surface area contributed by atoms with Gasteiger partial charge in [-0.2, -0.15) is 0 Å². The van der Waals surface area contributed by atoms with Crippen LogP contribution in [0.3, 0.4) is 0 Å². The third-order valence-corrected chi connectivity index (χ3v) is 5.00. The molecule has 0 unspecified atom stereocenters. The second kappa shape index (κ2) is 7.80. The summed E-state index contributed by atoms with van der Waals surface area (Å²) in [6.07, 6.45) is 1.73. The van der Waals surface area contributed by atoms with Gasteiger partial charge in [0.1, 0.15) is 5.75 Å². The van der Waals surface area contributed by atoms with Crippen LogP contribution in [0.15, 0.2) is 47.4 Å². The Morgan fingerprint density at radius 1 is 1.23 bits per heavy atom. The Bertz CT molecular complexity index is 878. The molecule has 1 N–H and O–H groups in total. The van der Waals surface area contributed by atoms with Gasteiger partial charge in [0.05, 0.1) is 24.3 Å². The zero-order chi connectivity index (χ0) is 18.7. The highest BCUT2D eigenvalue weighted by Gasteiger charge is 2.33. The van der Waals surface area contributed by atoms with Crippen molar-refractivity contribution >= 4 is 46.0 Å². The van der Waals surface area contributed by atoms with Gasteiger partial charge in [0, 0.05) is 0 Å². The highest BCUT2D eigenvalue weighted by Crippen LogP contribution is 2.37. The first-order chi connectivity index (χ1) is 12.5. The van der Waals surface area contributed by atoms with Crippen molar-refractivity contribution in [1.29, 1.82) is 0 Å². The van der Waals surface area contributed by atoms with E-state index in [0.717, 1.165) is 11.3 Å². The summed E-state index contributed by atoms with van der Waals surface area (Å²) in [7, 11) is 1.48. The average molecular weight is 387 g/mol. The number of nitrogens with zero attached hydrogens (tertiary/aromatic N) is 1. The number of benzene rings is 2. The van der Waals surface area contributed by atoms with Gasteiger partial charge < -0.3 is 14.6 Å². The molecule has 5 nitrogen and oxygen atoms in total. The Hall–Kier alpha value is -2.51. The number of carbonyl (C=O) groups is 1. The Kier molecular flexibility index (Phi) is 5.49. The summed E-state index contributed by atoms with van der Waals surface area (Å²) < 4.78 is 11.0. The van der Waals surface area contributed by atoms with Gasteiger partial charge in [0.25, 0.3) is 5.91 Å². The number of phenolic OH excluding ortho intramolecular Hbond substituents is 1. The van der Waals surface area contributed by atoms with Crippen LogP contribution in [0.5, 0.6) is 17.2 Å². The minimum atomic E-state index is -0.184. The number of thioether (sulfide) groups is 1. The maximum absolute atomic E-state index is 12.8. The molecule has 2 aromatic rings. The molecule has 1 aliphatic heterocycles. The lowest BCUT2D eigenvalue weighted by molar-refractivity contribution is -0.113. The van der Waals surface area contributed by atoms with Crippen LogP contribution < -0.4 is 14.4 Å². The van der Waals surface area contributed by atoms with E-state index in [4.69, 9.17) is 21.7 Å². The third-order valence-electron chi connectivity index (χ3n) is 3.70. The fraction of sp³-hybridized carbons (Fsp3) is 0.158. The second-order valence-corrected chi connectivity index (χ2v) is 7.05. The van der Waals surface area contributed by atoms with Gasteiger partial charge >= 0.3 is 0 Å². The van der Waals surface area contributed by atoms with Crippen molar-refractivity contribution in [1.82, 2.24) is 0 Å². The lowest BCUT2D eigenvalue weighted by atomic mass is 10.2. The first kappa shape index (κ1) is 18.3. The molecular formula is C19H17NO4S2. The Morgan fingerprint density at radius 3 is 2.62 bits per heavy atom. The number of methoxy groups -OCH3 is 1. The number of aromatic hydroxyl groups is 1. The maximum Gasteiger partial charge on any atom is 0.270 e. The van der Waals surface area contributed by atoms with Gasteiger partial charge in [0.15, 0.2) is 15.8 Å². The molecule has 1 saturated heterocycles. The lowest BCUT2D eigenvalue weighted by Crippen LogP contribution is -2.27. The summed E-state index contributed by atoms with van der Waals surface area (Å²) in [5.41, 5.74) is 1.44. The molecule has 3 rings (SSSR count). The zero-order valence-electron chi connectivity index (χ0n) is 14.3. The predicted octanol–water partition coefficient (Wildman–Crippen LogP) is 4.21. The molecule has 7 heteroatoms. The molecule has 0 spiro atoms. The number of hydrogen-bond acceptors (Lipinski definition) is 6. The van der Waals surface area contributed by atoms with Gasteiger partial charge in [-0.3, -0.25) is 9.69 Å². The quantitative estimate of drug-likeness (QED) is 0.613. The number of amides is 1. The normalized spacial score (nSPS) is 15.6. The largest absolute Gasteiger partial charge is 0.504 e. The van der Waals surface area contributed by atoms with E-state index in [1.807, 2.05) is 31.2 Å². The minimum Gasteiger partial charge on any atom is -0.504 e. The van der Waals surface area contributed by atoms with E-state index in [9.17, 15) is 9.90 Å². The number of hydrogen-bond donors (Lipinski definition) is 1. The predicted molar refractivity (Wildman–Crippen MR) is 108 cm³/mol. The molecule has 0 aromatic heterocycles. The Balaban J connectivity index is 1.86. The van der Waals surface area contributed by atoms with Crippen molar-refractivity contribution in [2.24, 2.45) is 0 Å². The van der Waals surface area contributed by atoms with E-state index in [1.54, 1.807) is 18.2 Å². The Labute approximate surface area is 161 Å². The molecule has 0 atom stereocenters. The summed E-state index contributed by atoms with van der Waals surface area (Å²) in [5, 5.41) is 9.68. The average Bonchev–Trinajstić information content (AvgIpc) is 2.91. The van der Waals surface area contributed by atoms with Gasteiger partial charge in [-0.05, 0) is 55.0 Å². The summed E-state index contributed by atoms with van der Waals surface area (Å²) in [6.45, 7) is 2.50. The fourth-order valence-corrected chi connectivity index (χ4v) is 3.78. The minimum absolute atomic E-state index is 0.0478. The molecule has 1 amide bonds. The van der Waals surface area contributed by atoms with Gasteiger partial charge in [0.2, 0.25) is 0 Å². The van der Waals surface area contributed by atoms with Crippen molar-refractivity contribution in [3.63, 3.8) is 0 Å².